The maximum absolute atomic E-state index is 13.8. The maximum Gasteiger partial charge on any atom is 0.257 e. The summed E-state index contributed by atoms with van der Waals surface area (Å²) in [5, 5.41) is 0.264. The number of carbonyl (C=O) groups excluding carboxylic acids is 1. The Balaban J connectivity index is 2.23. The van der Waals surface area contributed by atoms with Crippen molar-refractivity contribution in [1.29, 1.82) is 0 Å². The van der Waals surface area contributed by atoms with E-state index in [0.29, 0.717) is 13.1 Å². The number of carbonyl (C=O) groups is 1. The summed E-state index contributed by atoms with van der Waals surface area (Å²) in [5.41, 5.74) is -0.489. The van der Waals surface area contributed by atoms with Gasteiger partial charge in [0.05, 0.1) is 23.1 Å². The van der Waals surface area contributed by atoms with Gasteiger partial charge in [-0.05, 0) is 32.0 Å². The minimum absolute atomic E-state index is 0.0143. The van der Waals surface area contributed by atoms with Gasteiger partial charge in [-0.1, -0.05) is 11.6 Å². The van der Waals surface area contributed by atoms with Crippen LogP contribution in [0.25, 0.3) is 0 Å². The first kappa shape index (κ1) is 15.5. The van der Waals surface area contributed by atoms with Gasteiger partial charge < -0.3 is 9.64 Å². The molecule has 6 heteroatoms. The van der Waals surface area contributed by atoms with E-state index in [1.807, 2.05) is 13.8 Å². The van der Waals surface area contributed by atoms with Gasteiger partial charge in [0.25, 0.3) is 5.91 Å². The van der Waals surface area contributed by atoms with Crippen molar-refractivity contribution in [3.63, 3.8) is 0 Å². The standard InChI is InChI=1S/C14H16Cl2FNO2/c1-14(2)8-18(7-10(6-15)20-14)13(19)11-4-3-9(16)5-12(11)17/h3-5,10H,6-8H2,1-2H3. The van der Waals surface area contributed by atoms with E-state index in [4.69, 9.17) is 27.9 Å². The van der Waals surface area contributed by atoms with Crippen LogP contribution in [-0.4, -0.2) is 41.5 Å². The summed E-state index contributed by atoms with van der Waals surface area (Å²) >= 11 is 11.5. The van der Waals surface area contributed by atoms with E-state index in [2.05, 4.69) is 0 Å². The lowest BCUT2D eigenvalue weighted by atomic mass is 10.0. The summed E-state index contributed by atoms with van der Waals surface area (Å²) in [7, 11) is 0. The first-order valence-electron chi connectivity index (χ1n) is 6.30. The highest BCUT2D eigenvalue weighted by atomic mass is 35.5. The molecule has 1 amide bonds. The molecule has 0 saturated carbocycles. The number of alkyl halides is 1. The molecule has 1 fully saturated rings. The van der Waals surface area contributed by atoms with Crippen LogP contribution in [0.1, 0.15) is 24.2 Å². The van der Waals surface area contributed by atoms with Crippen LogP contribution < -0.4 is 0 Å². The Labute approximate surface area is 127 Å². The number of nitrogens with zero attached hydrogens (tertiary/aromatic N) is 1. The fourth-order valence-electron chi connectivity index (χ4n) is 2.36. The zero-order valence-corrected chi connectivity index (χ0v) is 12.8. The van der Waals surface area contributed by atoms with Crippen LogP contribution in [0.15, 0.2) is 18.2 Å². The number of morpholine rings is 1. The number of ether oxygens (including phenoxy) is 1. The third-order valence-corrected chi connectivity index (χ3v) is 3.68. The lowest BCUT2D eigenvalue weighted by molar-refractivity contribution is -0.117. The predicted molar refractivity (Wildman–Crippen MR) is 77.0 cm³/mol. The van der Waals surface area contributed by atoms with Crippen molar-refractivity contribution < 1.29 is 13.9 Å². The van der Waals surface area contributed by atoms with Crippen molar-refractivity contribution in [3.8, 4) is 0 Å². The molecule has 0 aromatic heterocycles. The molecular formula is C14H16Cl2FNO2. The Hall–Kier alpha value is -0.840. The third kappa shape index (κ3) is 3.43. The summed E-state index contributed by atoms with van der Waals surface area (Å²) in [6, 6.07) is 4.04. The first-order valence-corrected chi connectivity index (χ1v) is 7.22. The van der Waals surface area contributed by atoms with E-state index in [-0.39, 0.29) is 28.5 Å². The summed E-state index contributed by atoms with van der Waals surface area (Å²) < 4.78 is 19.6. The molecule has 1 aromatic carbocycles. The highest BCUT2D eigenvalue weighted by Crippen LogP contribution is 2.24. The van der Waals surface area contributed by atoms with Crippen LogP contribution in [0.2, 0.25) is 5.02 Å². The smallest absolute Gasteiger partial charge is 0.257 e. The van der Waals surface area contributed by atoms with Gasteiger partial charge in [0.15, 0.2) is 0 Å². The Kier molecular flexibility index (Phi) is 4.57. The number of hydrogen-bond acceptors (Lipinski definition) is 2. The van der Waals surface area contributed by atoms with E-state index in [9.17, 15) is 9.18 Å². The Morgan fingerprint density at radius 2 is 2.25 bits per heavy atom. The van der Waals surface area contributed by atoms with Crippen molar-refractivity contribution in [2.75, 3.05) is 19.0 Å². The number of benzene rings is 1. The highest BCUT2D eigenvalue weighted by molar-refractivity contribution is 6.30. The fourth-order valence-corrected chi connectivity index (χ4v) is 2.68. The number of halogens is 3. The van der Waals surface area contributed by atoms with Crippen LogP contribution in [0.5, 0.6) is 0 Å². The Morgan fingerprint density at radius 3 is 2.85 bits per heavy atom. The predicted octanol–water partition coefficient (Wildman–Crippen LogP) is 3.34. The van der Waals surface area contributed by atoms with Crippen molar-refractivity contribution in [3.05, 3.63) is 34.6 Å². The molecule has 1 saturated heterocycles. The van der Waals surface area contributed by atoms with Crippen molar-refractivity contribution in [2.45, 2.75) is 25.6 Å². The molecule has 0 bridgehead atoms. The quantitative estimate of drug-likeness (QED) is 0.782. The average Bonchev–Trinajstić information content (AvgIpc) is 2.36. The van der Waals surface area contributed by atoms with Gasteiger partial charge in [-0.2, -0.15) is 0 Å². The lowest BCUT2D eigenvalue weighted by Crippen LogP contribution is -2.55. The Bertz CT molecular complexity index is 522. The van der Waals surface area contributed by atoms with Gasteiger partial charge in [0.2, 0.25) is 0 Å². The van der Waals surface area contributed by atoms with Gasteiger partial charge in [0.1, 0.15) is 5.82 Å². The first-order chi connectivity index (χ1) is 9.32. The summed E-state index contributed by atoms with van der Waals surface area (Å²) in [6.07, 6.45) is -0.250. The SMILES string of the molecule is CC1(C)CN(C(=O)c2ccc(Cl)cc2F)CC(CCl)O1. The molecule has 0 aliphatic carbocycles. The monoisotopic (exact) mass is 319 g/mol. The Morgan fingerprint density at radius 1 is 1.55 bits per heavy atom. The molecule has 1 aliphatic rings. The van der Waals surface area contributed by atoms with Gasteiger partial charge in [-0.15, -0.1) is 11.6 Å². The molecule has 1 aromatic rings. The minimum atomic E-state index is -0.616. The average molecular weight is 320 g/mol. The van der Waals surface area contributed by atoms with Crippen LogP contribution in [0.4, 0.5) is 4.39 Å². The highest BCUT2D eigenvalue weighted by Gasteiger charge is 2.36. The van der Waals surface area contributed by atoms with Gasteiger partial charge >= 0.3 is 0 Å². The molecule has 0 spiro atoms. The third-order valence-electron chi connectivity index (χ3n) is 3.10. The molecule has 1 aliphatic heterocycles. The second kappa shape index (κ2) is 5.88. The topological polar surface area (TPSA) is 29.5 Å². The fraction of sp³-hybridized carbons (Fsp3) is 0.500. The molecule has 1 unspecified atom stereocenters. The summed E-state index contributed by atoms with van der Waals surface area (Å²) in [4.78, 5) is 14.0. The van der Waals surface area contributed by atoms with E-state index < -0.39 is 11.4 Å². The largest absolute Gasteiger partial charge is 0.367 e. The minimum Gasteiger partial charge on any atom is -0.367 e. The van der Waals surface area contributed by atoms with Crippen LogP contribution in [-0.2, 0) is 4.74 Å². The van der Waals surface area contributed by atoms with Crippen LogP contribution in [0.3, 0.4) is 0 Å². The molecule has 110 valence electrons. The van der Waals surface area contributed by atoms with Gasteiger partial charge in [-0.25, -0.2) is 4.39 Å². The van der Waals surface area contributed by atoms with Gasteiger partial charge in [0, 0.05) is 18.1 Å². The van der Waals surface area contributed by atoms with E-state index in [0.717, 1.165) is 6.07 Å². The number of hydrogen-bond donors (Lipinski definition) is 0. The second-order valence-electron chi connectivity index (χ2n) is 5.46. The second-order valence-corrected chi connectivity index (χ2v) is 6.21. The van der Waals surface area contributed by atoms with Crippen molar-refractivity contribution in [2.24, 2.45) is 0 Å². The molecule has 20 heavy (non-hydrogen) atoms. The molecule has 2 rings (SSSR count). The van der Waals surface area contributed by atoms with Gasteiger partial charge in [-0.3, -0.25) is 4.79 Å². The number of amides is 1. The molecular weight excluding hydrogens is 304 g/mol. The summed E-state index contributed by atoms with van der Waals surface area (Å²) in [5.74, 6) is -0.698. The van der Waals surface area contributed by atoms with Crippen LogP contribution >= 0.6 is 23.2 Å². The van der Waals surface area contributed by atoms with Crippen LogP contribution in [0, 0.1) is 5.82 Å². The van der Waals surface area contributed by atoms with Crippen molar-refractivity contribution >= 4 is 29.1 Å². The van der Waals surface area contributed by atoms with E-state index in [1.54, 1.807) is 4.90 Å². The molecule has 0 N–H and O–H groups in total. The van der Waals surface area contributed by atoms with E-state index >= 15 is 0 Å². The van der Waals surface area contributed by atoms with E-state index in [1.165, 1.54) is 12.1 Å². The normalized spacial score (nSPS) is 21.9. The number of rotatable bonds is 2. The lowest BCUT2D eigenvalue weighted by Gasteiger charge is -2.42. The summed E-state index contributed by atoms with van der Waals surface area (Å²) in [6.45, 7) is 4.50. The van der Waals surface area contributed by atoms with Crippen molar-refractivity contribution in [1.82, 2.24) is 4.90 Å². The maximum atomic E-state index is 13.8. The molecule has 1 heterocycles. The molecule has 1 atom stereocenters. The zero-order chi connectivity index (χ0) is 14.9. The molecule has 3 nitrogen and oxygen atoms in total. The molecule has 0 radical (unpaired) electrons. The zero-order valence-electron chi connectivity index (χ0n) is 11.3.